The van der Waals surface area contributed by atoms with Crippen molar-refractivity contribution >= 4 is 11.8 Å². The SMILES string of the molecule is COC(=O)c1cc2n(n1)C(C(F)(F)F)CC(c1ccc(OC)cc1)N2. The Balaban J connectivity index is 1.97. The zero-order chi connectivity index (χ0) is 18.2. The van der Waals surface area contributed by atoms with Gasteiger partial charge in [-0.15, -0.1) is 0 Å². The fraction of sp³-hybridized carbons (Fsp3) is 0.375. The zero-order valence-corrected chi connectivity index (χ0v) is 13.5. The molecule has 0 amide bonds. The summed E-state index contributed by atoms with van der Waals surface area (Å²) >= 11 is 0. The second-order valence-corrected chi connectivity index (χ2v) is 5.61. The summed E-state index contributed by atoms with van der Waals surface area (Å²) in [6, 6.07) is 5.63. The fourth-order valence-corrected chi connectivity index (χ4v) is 2.83. The lowest BCUT2D eigenvalue weighted by atomic mass is 9.97. The van der Waals surface area contributed by atoms with Gasteiger partial charge in [-0.3, -0.25) is 0 Å². The number of carbonyl (C=O) groups excluding carboxylic acids is 1. The minimum atomic E-state index is -4.50. The average Bonchev–Trinajstić information content (AvgIpc) is 3.03. The third-order valence-electron chi connectivity index (χ3n) is 4.10. The maximum atomic E-state index is 13.5. The lowest BCUT2D eigenvalue weighted by Gasteiger charge is -2.33. The number of rotatable bonds is 3. The highest BCUT2D eigenvalue weighted by Crippen LogP contribution is 2.43. The number of hydrogen-bond acceptors (Lipinski definition) is 5. The molecule has 1 aromatic heterocycles. The van der Waals surface area contributed by atoms with Crippen LogP contribution in [0.1, 0.15) is 34.6 Å². The average molecular weight is 355 g/mol. The van der Waals surface area contributed by atoms with Gasteiger partial charge in [-0.1, -0.05) is 12.1 Å². The van der Waals surface area contributed by atoms with Crippen LogP contribution in [-0.4, -0.2) is 36.1 Å². The van der Waals surface area contributed by atoms with Gasteiger partial charge in [0.25, 0.3) is 0 Å². The number of halogens is 3. The molecule has 0 fully saturated rings. The van der Waals surface area contributed by atoms with Gasteiger partial charge in [0.2, 0.25) is 0 Å². The van der Waals surface area contributed by atoms with Crippen LogP contribution in [0.3, 0.4) is 0 Å². The largest absolute Gasteiger partial charge is 0.497 e. The predicted molar refractivity (Wildman–Crippen MR) is 82.6 cm³/mol. The second kappa shape index (κ2) is 6.30. The number of anilines is 1. The topological polar surface area (TPSA) is 65.4 Å². The quantitative estimate of drug-likeness (QED) is 0.856. The van der Waals surface area contributed by atoms with Crippen molar-refractivity contribution in [2.45, 2.75) is 24.7 Å². The van der Waals surface area contributed by atoms with Crippen LogP contribution in [0.25, 0.3) is 0 Å². The lowest BCUT2D eigenvalue weighted by Crippen LogP contribution is -2.35. The highest BCUT2D eigenvalue weighted by atomic mass is 19.4. The Morgan fingerprint density at radius 3 is 2.52 bits per heavy atom. The predicted octanol–water partition coefficient (Wildman–Crippen LogP) is 3.34. The molecule has 3 rings (SSSR count). The highest BCUT2D eigenvalue weighted by Gasteiger charge is 2.46. The van der Waals surface area contributed by atoms with Crippen LogP contribution in [0.4, 0.5) is 19.0 Å². The van der Waals surface area contributed by atoms with Crippen LogP contribution < -0.4 is 10.1 Å². The summed E-state index contributed by atoms with van der Waals surface area (Å²) in [7, 11) is 2.66. The molecule has 1 N–H and O–H groups in total. The molecule has 1 aromatic carbocycles. The Kier molecular flexibility index (Phi) is 4.32. The second-order valence-electron chi connectivity index (χ2n) is 5.61. The molecule has 0 saturated heterocycles. The molecule has 2 unspecified atom stereocenters. The number of methoxy groups -OCH3 is 2. The van der Waals surface area contributed by atoms with E-state index < -0.39 is 24.2 Å². The van der Waals surface area contributed by atoms with Crippen molar-refractivity contribution in [2.24, 2.45) is 0 Å². The first-order chi connectivity index (χ1) is 11.8. The van der Waals surface area contributed by atoms with Crippen LogP contribution in [0.5, 0.6) is 5.75 Å². The minimum absolute atomic E-state index is 0.120. The summed E-state index contributed by atoms with van der Waals surface area (Å²) in [5.74, 6) is -0.0506. The highest BCUT2D eigenvalue weighted by molar-refractivity contribution is 5.88. The molecule has 2 atom stereocenters. The smallest absolute Gasteiger partial charge is 0.410 e. The summed E-state index contributed by atoms with van der Waals surface area (Å²) in [5, 5.41) is 6.77. The van der Waals surface area contributed by atoms with Gasteiger partial charge in [0, 0.05) is 12.5 Å². The van der Waals surface area contributed by atoms with E-state index in [9.17, 15) is 18.0 Å². The van der Waals surface area contributed by atoms with Crippen LogP contribution in [-0.2, 0) is 4.74 Å². The Hall–Kier alpha value is -2.71. The van der Waals surface area contributed by atoms with E-state index in [4.69, 9.17) is 4.74 Å². The van der Waals surface area contributed by atoms with Gasteiger partial charge in [0.15, 0.2) is 11.7 Å². The number of carbonyl (C=O) groups is 1. The molecule has 1 aliphatic rings. The maximum Gasteiger partial charge on any atom is 0.410 e. The molecule has 0 spiro atoms. The first-order valence-electron chi connectivity index (χ1n) is 7.48. The number of alkyl halides is 3. The van der Waals surface area contributed by atoms with Gasteiger partial charge in [-0.2, -0.15) is 18.3 Å². The molecule has 2 aromatic rings. The summed E-state index contributed by atoms with van der Waals surface area (Å²) in [6.07, 6.45) is -4.74. The molecule has 134 valence electrons. The van der Waals surface area contributed by atoms with E-state index >= 15 is 0 Å². The van der Waals surface area contributed by atoms with Gasteiger partial charge in [0.1, 0.15) is 11.6 Å². The number of ether oxygens (including phenoxy) is 2. The Morgan fingerprint density at radius 2 is 1.96 bits per heavy atom. The first-order valence-corrected chi connectivity index (χ1v) is 7.48. The van der Waals surface area contributed by atoms with Crippen molar-refractivity contribution in [3.05, 3.63) is 41.6 Å². The summed E-state index contributed by atoms with van der Waals surface area (Å²) in [5.41, 5.74) is 0.511. The van der Waals surface area contributed by atoms with Crippen LogP contribution in [0, 0.1) is 0 Å². The van der Waals surface area contributed by atoms with E-state index in [1.54, 1.807) is 24.3 Å². The normalized spacial score (nSPS) is 19.7. The molecule has 0 saturated carbocycles. The number of benzene rings is 1. The Morgan fingerprint density at radius 1 is 1.28 bits per heavy atom. The standard InChI is InChI=1S/C16H16F3N3O3/c1-24-10-5-3-9(4-6-10)11-7-13(16(17,18)19)22-14(20-11)8-12(21-22)15(23)25-2/h3-6,8,11,13,20H,7H2,1-2H3. The van der Waals surface area contributed by atoms with Crippen LogP contribution in [0.2, 0.25) is 0 Å². The monoisotopic (exact) mass is 355 g/mol. The number of fused-ring (bicyclic) bond motifs is 1. The van der Waals surface area contributed by atoms with Gasteiger partial charge < -0.3 is 14.8 Å². The summed E-state index contributed by atoms with van der Waals surface area (Å²) < 4.78 is 50.9. The van der Waals surface area contributed by atoms with E-state index in [1.165, 1.54) is 13.2 Å². The van der Waals surface area contributed by atoms with Crippen molar-refractivity contribution in [1.29, 1.82) is 0 Å². The first kappa shape index (κ1) is 17.1. The molecule has 0 aliphatic carbocycles. The summed E-state index contributed by atoms with van der Waals surface area (Å²) in [6.45, 7) is 0. The van der Waals surface area contributed by atoms with E-state index in [-0.39, 0.29) is 17.9 Å². The molecule has 0 bridgehead atoms. The van der Waals surface area contributed by atoms with Gasteiger partial charge >= 0.3 is 12.1 Å². The fourth-order valence-electron chi connectivity index (χ4n) is 2.83. The van der Waals surface area contributed by atoms with E-state index in [2.05, 4.69) is 15.2 Å². The Labute approximate surface area is 141 Å². The van der Waals surface area contributed by atoms with Gasteiger partial charge in [-0.25, -0.2) is 9.48 Å². The van der Waals surface area contributed by atoms with Crippen LogP contribution in [0.15, 0.2) is 30.3 Å². The molecule has 25 heavy (non-hydrogen) atoms. The van der Waals surface area contributed by atoms with Gasteiger partial charge in [-0.05, 0) is 17.7 Å². The minimum Gasteiger partial charge on any atom is -0.497 e. The Bertz CT molecular complexity index is 771. The number of aromatic nitrogens is 2. The van der Waals surface area contributed by atoms with E-state index in [1.807, 2.05) is 0 Å². The number of hydrogen-bond donors (Lipinski definition) is 1. The summed E-state index contributed by atoms with van der Waals surface area (Å²) in [4.78, 5) is 11.6. The molecule has 2 heterocycles. The van der Waals surface area contributed by atoms with E-state index in [0.29, 0.717) is 11.3 Å². The van der Waals surface area contributed by atoms with Crippen molar-refractivity contribution in [1.82, 2.24) is 9.78 Å². The maximum absolute atomic E-state index is 13.5. The van der Waals surface area contributed by atoms with Crippen molar-refractivity contribution in [3.63, 3.8) is 0 Å². The zero-order valence-electron chi connectivity index (χ0n) is 13.5. The molecular formula is C16H16F3N3O3. The van der Waals surface area contributed by atoms with E-state index in [0.717, 1.165) is 11.8 Å². The number of nitrogens with zero attached hydrogens (tertiary/aromatic N) is 2. The molecular weight excluding hydrogens is 339 g/mol. The number of nitrogens with one attached hydrogen (secondary N) is 1. The third-order valence-corrected chi connectivity index (χ3v) is 4.10. The molecule has 9 heteroatoms. The third kappa shape index (κ3) is 3.26. The molecule has 6 nitrogen and oxygen atoms in total. The lowest BCUT2D eigenvalue weighted by molar-refractivity contribution is -0.173. The van der Waals surface area contributed by atoms with Crippen molar-refractivity contribution < 1.29 is 27.4 Å². The van der Waals surface area contributed by atoms with Gasteiger partial charge in [0.05, 0.1) is 20.3 Å². The molecule has 1 aliphatic heterocycles. The van der Waals surface area contributed by atoms with Crippen LogP contribution >= 0.6 is 0 Å². The molecule has 0 radical (unpaired) electrons. The number of esters is 1. The van der Waals surface area contributed by atoms with Crippen molar-refractivity contribution in [3.8, 4) is 5.75 Å². The van der Waals surface area contributed by atoms with Crippen molar-refractivity contribution in [2.75, 3.05) is 19.5 Å².